The number of aromatic hydroxyl groups is 1. The summed E-state index contributed by atoms with van der Waals surface area (Å²) in [5.74, 6) is -5.41. The largest absolute Gasteiger partial charge is 0.502 e. The molecule has 5 atom stereocenters. The first kappa shape index (κ1) is 18.5. The molecule has 142 valence electrons. The van der Waals surface area contributed by atoms with Gasteiger partial charge in [-0.2, -0.15) is 0 Å². The third-order valence-corrected chi connectivity index (χ3v) is 4.66. The van der Waals surface area contributed by atoms with E-state index in [-0.39, 0.29) is 35.0 Å². The lowest BCUT2D eigenvalue weighted by Crippen LogP contribution is -2.57. The Balaban J connectivity index is 2.11. The van der Waals surface area contributed by atoms with Gasteiger partial charge in [-0.25, -0.2) is 0 Å². The van der Waals surface area contributed by atoms with Crippen LogP contribution in [-0.2, 0) is 15.3 Å². The Morgan fingerprint density at radius 1 is 1.15 bits per heavy atom. The average Bonchev–Trinajstić information content (AvgIpc) is 2.59. The van der Waals surface area contributed by atoms with Crippen LogP contribution in [0.4, 0.5) is 0 Å². The van der Waals surface area contributed by atoms with Crippen molar-refractivity contribution in [1.29, 1.82) is 0 Å². The highest BCUT2D eigenvalue weighted by Gasteiger charge is 2.56. The fraction of sp³-hybridized carbons (Fsp3) is 0.471. The second-order valence-electron chi connectivity index (χ2n) is 6.25. The van der Waals surface area contributed by atoms with Gasteiger partial charge in [-0.05, 0) is 18.2 Å². The quantitative estimate of drug-likeness (QED) is 0.460. The summed E-state index contributed by atoms with van der Waals surface area (Å²) < 4.78 is 15.4. The van der Waals surface area contributed by atoms with Crippen LogP contribution in [0.2, 0.25) is 0 Å². The zero-order valence-electron chi connectivity index (χ0n) is 14.1. The van der Waals surface area contributed by atoms with Crippen LogP contribution in [0.15, 0.2) is 24.0 Å². The van der Waals surface area contributed by atoms with Gasteiger partial charge in [0.1, 0.15) is 11.9 Å². The molecule has 0 amide bonds. The number of carbonyl (C=O) groups is 1. The van der Waals surface area contributed by atoms with E-state index in [0.29, 0.717) is 0 Å². The van der Waals surface area contributed by atoms with Crippen LogP contribution in [0.25, 0.3) is 0 Å². The maximum absolute atomic E-state index is 12.6. The molecule has 1 fully saturated rings. The third-order valence-electron chi connectivity index (χ3n) is 4.66. The Labute approximate surface area is 148 Å². The minimum absolute atomic E-state index is 0.0683. The summed E-state index contributed by atoms with van der Waals surface area (Å²) in [6.07, 6.45) is -2.86. The molecule has 1 aliphatic heterocycles. The number of Topliss-reactive ketones (excluding diaryl/α,β-unsaturated/α-hetero) is 1. The number of aliphatic hydroxyl groups excluding tert-OH is 3. The average molecular weight is 368 g/mol. The van der Waals surface area contributed by atoms with Gasteiger partial charge in [0.05, 0.1) is 32.3 Å². The van der Waals surface area contributed by atoms with Crippen molar-refractivity contribution >= 4 is 5.78 Å². The molecule has 0 saturated carbocycles. The molecule has 1 aliphatic carbocycles. The Morgan fingerprint density at radius 3 is 2.27 bits per heavy atom. The number of rotatable bonds is 3. The predicted octanol–water partition coefficient (Wildman–Crippen LogP) is -0.860. The first-order chi connectivity index (χ1) is 12.2. The summed E-state index contributed by atoms with van der Waals surface area (Å²) >= 11 is 0. The number of phenolic OH excluding ortho intramolecular Hbond substituents is 1. The van der Waals surface area contributed by atoms with Gasteiger partial charge >= 0.3 is 0 Å². The van der Waals surface area contributed by atoms with E-state index >= 15 is 0 Å². The maximum atomic E-state index is 12.6. The molecule has 0 radical (unpaired) electrons. The molecule has 1 aromatic carbocycles. The Morgan fingerprint density at radius 2 is 1.73 bits per heavy atom. The van der Waals surface area contributed by atoms with Crippen molar-refractivity contribution in [3.05, 3.63) is 29.5 Å². The van der Waals surface area contributed by atoms with Crippen molar-refractivity contribution in [1.82, 2.24) is 0 Å². The number of hydrogen-bond acceptors (Lipinski definition) is 9. The SMILES string of the molecule is COc1cc(C2(O)OC3=CC(O)CC(O)C3C(O)C2=O)cc(OC)c1O. The summed E-state index contributed by atoms with van der Waals surface area (Å²) in [5.41, 5.74) is -0.151. The normalized spacial score (nSPS) is 33.8. The van der Waals surface area contributed by atoms with E-state index in [0.717, 1.165) is 0 Å². The molecule has 0 aromatic heterocycles. The number of phenols is 1. The Kier molecular flexibility index (Phi) is 4.57. The van der Waals surface area contributed by atoms with E-state index in [1.165, 1.54) is 32.4 Å². The maximum Gasteiger partial charge on any atom is 0.297 e. The van der Waals surface area contributed by atoms with Crippen LogP contribution in [0.3, 0.4) is 0 Å². The molecule has 0 bridgehead atoms. The van der Waals surface area contributed by atoms with Gasteiger partial charge in [0, 0.05) is 12.0 Å². The summed E-state index contributed by atoms with van der Waals surface area (Å²) in [6.45, 7) is 0. The molecule has 5 N–H and O–H groups in total. The zero-order valence-corrected chi connectivity index (χ0v) is 14.1. The molecule has 9 heteroatoms. The fourth-order valence-corrected chi connectivity index (χ4v) is 3.30. The van der Waals surface area contributed by atoms with Crippen molar-refractivity contribution in [2.45, 2.75) is 30.5 Å². The number of ketones is 1. The zero-order chi connectivity index (χ0) is 19.2. The van der Waals surface area contributed by atoms with Crippen LogP contribution in [0, 0.1) is 5.92 Å². The predicted molar refractivity (Wildman–Crippen MR) is 85.4 cm³/mol. The minimum Gasteiger partial charge on any atom is -0.502 e. The van der Waals surface area contributed by atoms with E-state index in [1.807, 2.05) is 0 Å². The number of methoxy groups -OCH3 is 2. The first-order valence-electron chi connectivity index (χ1n) is 7.90. The number of aliphatic hydroxyl groups is 4. The van der Waals surface area contributed by atoms with Gasteiger partial charge in [-0.3, -0.25) is 4.79 Å². The number of ether oxygens (including phenoxy) is 3. The molecule has 9 nitrogen and oxygen atoms in total. The van der Waals surface area contributed by atoms with Crippen LogP contribution >= 0.6 is 0 Å². The van der Waals surface area contributed by atoms with E-state index < -0.39 is 35.8 Å². The monoisotopic (exact) mass is 368 g/mol. The van der Waals surface area contributed by atoms with E-state index in [2.05, 4.69) is 0 Å². The molecule has 5 unspecified atom stereocenters. The first-order valence-corrected chi connectivity index (χ1v) is 7.90. The Bertz CT molecular complexity index is 734. The third kappa shape index (κ3) is 2.69. The summed E-state index contributed by atoms with van der Waals surface area (Å²) in [5, 5.41) is 51.1. The molecule has 26 heavy (non-hydrogen) atoms. The molecular weight excluding hydrogens is 348 g/mol. The van der Waals surface area contributed by atoms with Gasteiger partial charge < -0.3 is 39.7 Å². The molecule has 2 aliphatic rings. The van der Waals surface area contributed by atoms with Crippen LogP contribution in [-0.4, -0.2) is 63.8 Å². The fourth-order valence-electron chi connectivity index (χ4n) is 3.30. The molecule has 1 saturated heterocycles. The highest BCUT2D eigenvalue weighted by Crippen LogP contribution is 2.46. The van der Waals surface area contributed by atoms with Crippen molar-refractivity contribution < 1.29 is 44.5 Å². The summed E-state index contributed by atoms with van der Waals surface area (Å²) in [4.78, 5) is 12.6. The highest BCUT2D eigenvalue weighted by atomic mass is 16.6. The van der Waals surface area contributed by atoms with Crippen LogP contribution in [0.1, 0.15) is 12.0 Å². The van der Waals surface area contributed by atoms with Gasteiger partial charge in [0.25, 0.3) is 5.79 Å². The second kappa shape index (κ2) is 6.44. The van der Waals surface area contributed by atoms with Crippen LogP contribution in [0.5, 0.6) is 17.2 Å². The minimum atomic E-state index is -2.62. The van der Waals surface area contributed by atoms with Crippen LogP contribution < -0.4 is 9.47 Å². The molecule has 1 heterocycles. The van der Waals surface area contributed by atoms with Gasteiger partial charge in [-0.1, -0.05) is 0 Å². The molecular formula is C17H20O9. The summed E-state index contributed by atoms with van der Waals surface area (Å²) in [7, 11) is 2.54. The van der Waals surface area contributed by atoms with Gasteiger partial charge in [0.2, 0.25) is 11.5 Å². The highest BCUT2D eigenvalue weighted by molar-refractivity contribution is 5.92. The van der Waals surface area contributed by atoms with Gasteiger partial charge in [0.15, 0.2) is 11.5 Å². The Hall–Kier alpha value is -2.33. The number of hydrogen-bond donors (Lipinski definition) is 5. The lowest BCUT2D eigenvalue weighted by molar-refractivity contribution is -0.231. The topological polar surface area (TPSA) is 146 Å². The summed E-state index contributed by atoms with van der Waals surface area (Å²) in [6, 6.07) is 2.33. The lowest BCUT2D eigenvalue weighted by Gasteiger charge is -2.43. The molecule has 3 rings (SSSR count). The smallest absolute Gasteiger partial charge is 0.297 e. The number of carbonyl (C=O) groups excluding carboxylic acids is 1. The molecule has 0 spiro atoms. The van der Waals surface area contributed by atoms with E-state index in [1.54, 1.807) is 0 Å². The van der Waals surface area contributed by atoms with E-state index in [4.69, 9.17) is 14.2 Å². The van der Waals surface area contributed by atoms with E-state index in [9.17, 15) is 30.3 Å². The lowest BCUT2D eigenvalue weighted by atomic mass is 9.78. The van der Waals surface area contributed by atoms with Crippen molar-refractivity contribution in [3.63, 3.8) is 0 Å². The van der Waals surface area contributed by atoms with Crippen molar-refractivity contribution in [2.75, 3.05) is 14.2 Å². The number of fused-ring (bicyclic) bond motifs is 1. The number of benzene rings is 1. The standard InChI is InChI=1S/C17H20O9/c1-24-11-3-7(4-12(25-2)14(11)20)17(23)16(22)15(21)13-9(19)5-8(18)6-10(13)26-17/h3-4,6,8-9,13,15,18-21,23H,5H2,1-2H3. The molecule has 1 aromatic rings. The van der Waals surface area contributed by atoms with Crippen molar-refractivity contribution in [3.8, 4) is 17.2 Å². The van der Waals surface area contributed by atoms with Crippen molar-refractivity contribution in [2.24, 2.45) is 5.92 Å². The second-order valence-corrected chi connectivity index (χ2v) is 6.25. The van der Waals surface area contributed by atoms with Gasteiger partial charge in [-0.15, -0.1) is 0 Å².